The summed E-state index contributed by atoms with van der Waals surface area (Å²) in [5.74, 6) is -3.25. The molecule has 0 fully saturated rings. The lowest BCUT2D eigenvalue weighted by Crippen LogP contribution is -2.15. The van der Waals surface area contributed by atoms with Gasteiger partial charge in [0.25, 0.3) is 0 Å². The fourth-order valence-electron chi connectivity index (χ4n) is 2.66. The molecule has 0 aliphatic carbocycles. The van der Waals surface area contributed by atoms with Crippen LogP contribution in [0.15, 0.2) is 0 Å². The fourth-order valence-corrected chi connectivity index (χ4v) is 2.66. The molecule has 0 aromatic rings. The third-order valence-corrected chi connectivity index (χ3v) is 4.08. The van der Waals surface area contributed by atoms with Gasteiger partial charge in [-0.2, -0.15) is 0 Å². The third-order valence-electron chi connectivity index (χ3n) is 4.08. The summed E-state index contributed by atoms with van der Waals surface area (Å²) in [4.78, 5) is 10.3. The topological polar surface area (TPSA) is 37.3 Å². The van der Waals surface area contributed by atoms with E-state index in [1.807, 2.05) is 0 Å². The highest BCUT2D eigenvalue weighted by molar-refractivity contribution is 5.66. The Morgan fingerprint density at radius 3 is 1.64 bits per heavy atom. The van der Waals surface area contributed by atoms with Gasteiger partial charge in [-0.15, -0.1) is 0 Å². The van der Waals surface area contributed by atoms with Gasteiger partial charge < -0.3 is 5.11 Å². The van der Waals surface area contributed by atoms with Gasteiger partial charge in [0, 0.05) is 19.3 Å². The summed E-state index contributed by atoms with van der Waals surface area (Å²) in [6, 6.07) is 0. The molecule has 0 heterocycles. The summed E-state index contributed by atoms with van der Waals surface area (Å²) in [6.07, 6.45) is 11.4. The van der Waals surface area contributed by atoms with Crippen molar-refractivity contribution in [2.75, 3.05) is 0 Å². The van der Waals surface area contributed by atoms with Crippen LogP contribution in [0.4, 0.5) is 8.78 Å². The predicted molar refractivity (Wildman–Crippen MR) is 87.5 cm³/mol. The van der Waals surface area contributed by atoms with Crippen molar-refractivity contribution < 1.29 is 18.7 Å². The van der Waals surface area contributed by atoms with Crippen LogP contribution in [0.5, 0.6) is 0 Å². The van der Waals surface area contributed by atoms with Crippen LogP contribution in [0.2, 0.25) is 0 Å². The zero-order valence-corrected chi connectivity index (χ0v) is 14.2. The highest BCUT2D eigenvalue weighted by Gasteiger charge is 2.26. The minimum absolute atomic E-state index is 0.0110. The van der Waals surface area contributed by atoms with E-state index < -0.39 is 11.9 Å². The Bertz CT molecular complexity index is 268. The number of alkyl halides is 2. The second kappa shape index (κ2) is 14.0. The summed E-state index contributed by atoms with van der Waals surface area (Å²) in [6.45, 7) is 2.15. The molecule has 22 heavy (non-hydrogen) atoms. The number of carboxylic acids is 1. The molecule has 0 aromatic heterocycles. The molecule has 0 unspecified atom stereocenters. The van der Waals surface area contributed by atoms with Gasteiger partial charge in [-0.1, -0.05) is 64.7 Å². The fraction of sp³-hybridized carbons (Fsp3) is 0.944. The quantitative estimate of drug-likeness (QED) is 0.326. The monoisotopic (exact) mass is 320 g/mol. The summed E-state index contributed by atoms with van der Waals surface area (Å²) >= 11 is 0. The molecule has 1 N–H and O–H groups in total. The normalized spacial score (nSPS) is 11.8. The van der Waals surface area contributed by atoms with Crippen molar-refractivity contribution in [3.05, 3.63) is 0 Å². The van der Waals surface area contributed by atoms with Crippen molar-refractivity contribution in [1.82, 2.24) is 0 Å². The SMILES string of the molecule is CCCCCCCCC(F)(F)CCCCCCCCC(=O)O. The largest absolute Gasteiger partial charge is 0.481 e. The molecule has 0 bridgehead atoms. The van der Waals surface area contributed by atoms with Gasteiger partial charge >= 0.3 is 5.97 Å². The van der Waals surface area contributed by atoms with E-state index in [1.54, 1.807) is 0 Å². The van der Waals surface area contributed by atoms with E-state index in [9.17, 15) is 13.6 Å². The molecule has 0 spiro atoms. The Morgan fingerprint density at radius 2 is 1.18 bits per heavy atom. The van der Waals surface area contributed by atoms with Gasteiger partial charge in [0.15, 0.2) is 0 Å². The molecular weight excluding hydrogens is 286 g/mol. The molecule has 0 amide bonds. The maximum atomic E-state index is 13.7. The van der Waals surface area contributed by atoms with Crippen LogP contribution in [0.25, 0.3) is 0 Å². The number of halogens is 2. The van der Waals surface area contributed by atoms with Crippen molar-refractivity contribution in [1.29, 1.82) is 0 Å². The van der Waals surface area contributed by atoms with Crippen molar-refractivity contribution in [3.8, 4) is 0 Å². The number of carboxylic acid groups (broad SMARTS) is 1. The second-order valence-corrected chi connectivity index (χ2v) is 6.39. The molecule has 0 radical (unpaired) electrons. The molecule has 2 nitrogen and oxygen atoms in total. The average Bonchev–Trinajstić information content (AvgIpc) is 2.45. The van der Waals surface area contributed by atoms with E-state index in [1.165, 1.54) is 19.3 Å². The van der Waals surface area contributed by atoms with Crippen LogP contribution < -0.4 is 0 Å². The molecule has 0 aliphatic rings. The minimum Gasteiger partial charge on any atom is -0.481 e. The average molecular weight is 320 g/mol. The highest BCUT2D eigenvalue weighted by atomic mass is 19.3. The molecule has 0 saturated heterocycles. The summed E-state index contributed by atoms with van der Waals surface area (Å²) in [7, 11) is 0. The summed E-state index contributed by atoms with van der Waals surface area (Å²) < 4.78 is 27.3. The lowest BCUT2D eigenvalue weighted by molar-refractivity contribution is -0.137. The molecule has 0 aliphatic heterocycles. The Morgan fingerprint density at radius 1 is 0.773 bits per heavy atom. The Kier molecular flexibility index (Phi) is 13.5. The first kappa shape index (κ1) is 21.3. The van der Waals surface area contributed by atoms with Crippen LogP contribution in [-0.2, 0) is 4.79 Å². The van der Waals surface area contributed by atoms with Crippen LogP contribution in [0.3, 0.4) is 0 Å². The number of carbonyl (C=O) groups is 1. The number of rotatable bonds is 16. The smallest absolute Gasteiger partial charge is 0.303 e. The first-order chi connectivity index (χ1) is 10.5. The number of hydrogen-bond donors (Lipinski definition) is 1. The van der Waals surface area contributed by atoms with Gasteiger partial charge in [-0.3, -0.25) is 4.79 Å². The molecular formula is C18H34F2O2. The highest BCUT2D eigenvalue weighted by Crippen LogP contribution is 2.28. The van der Waals surface area contributed by atoms with Crippen LogP contribution in [0.1, 0.15) is 103 Å². The maximum Gasteiger partial charge on any atom is 0.303 e. The van der Waals surface area contributed by atoms with E-state index in [0.717, 1.165) is 38.5 Å². The molecule has 4 heteroatoms. The molecule has 132 valence electrons. The van der Waals surface area contributed by atoms with Gasteiger partial charge in [-0.05, 0) is 19.3 Å². The molecule has 0 saturated carbocycles. The molecule has 0 aromatic carbocycles. The van der Waals surface area contributed by atoms with Gasteiger partial charge in [-0.25, -0.2) is 8.78 Å². The Hall–Kier alpha value is -0.670. The lowest BCUT2D eigenvalue weighted by atomic mass is 10.0. The molecule has 0 rings (SSSR count). The Labute approximate surface area is 134 Å². The standard InChI is InChI=1S/C18H34F2O2/c1-2-3-4-5-9-12-15-18(19,20)16-13-10-7-6-8-11-14-17(21)22/h2-16H2,1H3,(H,21,22). The third kappa shape index (κ3) is 15.7. The van der Waals surface area contributed by atoms with E-state index >= 15 is 0 Å². The maximum absolute atomic E-state index is 13.7. The predicted octanol–water partition coefficient (Wildman–Crippen LogP) is 6.58. The van der Waals surface area contributed by atoms with Gasteiger partial charge in [0.1, 0.15) is 0 Å². The first-order valence-corrected chi connectivity index (χ1v) is 9.07. The van der Waals surface area contributed by atoms with Crippen LogP contribution >= 0.6 is 0 Å². The minimum atomic E-state index is -2.49. The van der Waals surface area contributed by atoms with Gasteiger partial charge in [0.05, 0.1) is 0 Å². The summed E-state index contributed by atoms with van der Waals surface area (Å²) in [5, 5.41) is 8.49. The van der Waals surface area contributed by atoms with Crippen molar-refractivity contribution in [3.63, 3.8) is 0 Å². The van der Waals surface area contributed by atoms with Crippen molar-refractivity contribution in [2.45, 2.75) is 109 Å². The van der Waals surface area contributed by atoms with E-state index in [2.05, 4.69) is 6.92 Å². The van der Waals surface area contributed by atoms with Gasteiger partial charge in [0.2, 0.25) is 5.92 Å². The molecule has 0 atom stereocenters. The lowest BCUT2D eigenvalue weighted by Gasteiger charge is -2.16. The number of unbranched alkanes of at least 4 members (excludes halogenated alkanes) is 10. The first-order valence-electron chi connectivity index (χ1n) is 9.07. The Balaban J connectivity index is 3.38. The second-order valence-electron chi connectivity index (χ2n) is 6.39. The van der Waals surface area contributed by atoms with Crippen LogP contribution in [0, 0.1) is 0 Å². The van der Waals surface area contributed by atoms with Crippen LogP contribution in [-0.4, -0.2) is 17.0 Å². The summed E-state index contributed by atoms with van der Waals surface area (Å²) in [5.41, 5.74) is 0. The van der Waals surface area contributed by atoms with Crippen molar-refractivity contribution in [2.24, 2.45) is 0 Å². The zero-order valence-electron chi connectivity index (χ0n) is 14.2. The van der Waals surface area contributed by atoms with E-state index in [4.69, 9.17) is 5.11 Å². The van der Waals surface area contributed by atoms with E-state index in [0.29, 0.717) is 19.3 Å². The van der Waals surface area contributed by atoms with Crippen molar-refractivity contribution >= 4 is 5.97 Å². The number of hydrogen-bond acceptors (Lipinski definition) is 1. The zero-order chi connectivity index (χ0) is 16.7. The number of aliphatic carboxylic acids is 1. The van der Waals surface area contributed by atoms with E-state index in [-0.39, 0.29) is 19.3 Å².